The van der Waals surface area contributed by atoms with Crippen LogP contribution < -0.4 is 10.2 Å². The summed E-state index contributed by atoms with van der Waals surface area (Å²) in [4.78, 5) is 28.4. The number of halogens is 1. The summed E-state index contributed by atoms with van der Waals surface area (Å²) in [5.41, 5.74) is 0.900. The van der Waals surface area contributed by atoms with Gasteiger partial charge in [0.1, 0.15) is 11.3 Å². The van der Waals surface area contributed by atoms with Crippen LogP contribution in [0.1, 0.15) is 33.5 Å². The Bertz CT molecular complexity index is 1380. The minimum Gasteiger partial charge on any atom is -0.504 e. The molecule has 7 nitrogen and oxygen atoms in total. The van der Waals surface area contributed by atoms with Crippen molar-refractivity contribution in [2.75, 3.05) is 7.11 Å². The van der Waals surface area contributed by atoms with E-state index in [-0.39, 0.29) is 34.8 Å². The molecule has 3 heterocycles. The fourth-order valence-corrected chi connectivity index (χ4v) is 4.30. The second-order valence-corrected chi connectivity index (χ2v) is 8.08. The Morgan fingerprint density at radius 1 is 1.16 bits per heavy atom. The van der Waals surface area contributed by atoms with Crippen molar-refractivity contribution in [2.45, 2.75) is 12.6 Å². The van der Waals surface area contributed by atoms with Crippen LogP contribution >= 0.6 is 15.9 Å². The maximum absolute atomic E-state index is 13.5. The number of methoxy groups -OCH3 is 1. The van der Waals surface area contributed by atoms with Gasteiger partial charge in [0.15, 0.2) is 16.9 Å². The Morgan fingerprint density at radius 2 is 2.00 bits per heavy atom. The van der Waals surface area contributed by atoms with Crippen LogP contribution in [0.15, 0.2) is 72.9 Å². The fraction of sp³-hybridized carbons (Fsp3) is 0.130. The summed E-state index contributed by atoms with van der Waals surface area (Å²) in [5.74, 6) is 0.359. The summed E-state index contributed by atoms with van der Waals surface area (Å²) in [5, 5.41) is 10.4. The Morgan fingerprint density at radius 3 is 2.74 bits per heavy atom. The summed E-state index contributed by atoms with van der Waals surface area (Å²) in [6.45, 7) is 0.142. The molecule has 2 aromatic heterocycles. The van der Waals surface area contributed by atoms with Gasteiger partial charge in [-0.3, -0.25) is 9.59 Å². The first-order valence-electron chi connectivity index (χ1n) is 9.44. The normalized spacial score (nSPS) is 15.5. The predicted molar refractivity (Wildman–Crippen MR) is 115 cm³/mol. The number of nitrogens with zero attached hydrogens (tertiary/aromatic N) is 1. The third kappa shape index (κ3) is 3.11. The molecule has 0 radical (unpaired) electrons. The number of benzene rings is 2. The van der Waals surface area contributed by atoms with Gasteiger partial charge in [-0.1, -0.05) is 22.0 Å². The number of amides is 1. The second-order valence-electron chi connectivity index (χ2n) is 7.16. The summed E-state index contributed by atoms with van der Waals surface area (Å²) in [6.07, 6.45) is 1.52. The molecular formula is C23H16BrNO6. The van der Waals surface area contributed by atoms with Gasteiger partial charge in [-0.15, -0.1) is 0 Å². The van der Waals surface area contributed by atoms with Crippen molar-refractivity contribution in [1.82, 2.24) is 4.90 Å². The van der Waals surface area contributed by atoms with Gasteiger partial charge in [-0.25, -0.2) is 0 Å². The lowest BCUT2D eigenvalue weighted by Gasteiger charge is -2.24. The summed E-state index contributed by atoms with van der Waals surface area (Å²) in [6, 6.07) is 12.6. The first-order valence-corrected chi connectivity index (χ1v) is 10.2. The van der Waals surface area contributed by atoms with E-state index in [0.717, 1.165) is 4.47 Å². The van der Waals surface area contributed by atoms with Crippen LogP contribution in [0.25, 0.3) is 11.0 Å². The SMILES string of the molecule is COc1cc([C@H]2c3c(oc4ccc(Br)cc4c3=O)C(=O)N2Cc2ccco2)ccc1O. The summed E-state index contributed by atoms with van der Waals surface area (Å²) in [7, 11) is 1.44. The molecule has 1 atom stereocenters. The van der Waals surface area contributed by atoms with Crippen molar-refractivity contribution in [3.63, 3.8) is 0 Å². The first-order chi connectivity index (χ1) is 15.0. The number of carbonyl (C=O) groups excluding carboxylic acids is 1. The van der Waals surface area contributed by atoms with E-state index in [9.17, 15) is 14.7 Å². The van der Waals surface area contributed by atoms with Gasteiger partial charge in [0.25, 0.3) is 5.91 Å². The van der Waals surface area contributed by atoms with E-state index < -0.39 is 11.9 Å². The number of ether oxygens (including phenoxy) is 1. The van der Waals surface area contributed by atoms with Crippen molar-refractivity contribution < 1.29 is 23.5 Å². The van der Waals surface area contributed by atoms with Crippen molar-refractivity contribution in [3.05, 3.63) is 92.1 Å². The Labute approximate surface area is 184 Å². The summed E-state index contributed by atoms with van der Waals surface area (Å²) < 4.78 is 17.3. The molecule has 4 aromatic rings. The average molecular weight is 482 g/mol. The Hall–Kier alpha value is -3.52. The van der Waals surface area contributed by atoms with Gasteiger partial charge in [-0.2, -0.15) is 0 Å². The lowest BCUT2D eigenvalue weighted by molar-refractivity contribution is 0.0701. The van der Waals surface area contributed by atoms with E-state index in [1.165, 1.54) is 24.3 Å². The number of fused-ring (bicyclic) bond motifs is 2. The lowest BCUT2D eigenvalue weighted by atomic mass is 9.98. The molecule has 1 aliphatic heterocycles. The number of aromatic hydroxyl groups is 1. The highest BCUT2D eigenvalue weighted by atomic mass is 79.9. The Kier molecular flexibility index (Phi) is 4.59. The quantitative estimate of drug-likeness (QED) is 0.457. The van der Waals surface area contributed by atoms with E-state index in [1.54, 1.807) is 42.5 Å². The highest BCUT2D eigenvalue weighted by Crippen LogP contribution is 2.41. The molecule has 156 valence electrons. The standard InChI is InChI=1S/C23H16BrNO6/c1-29-18-9-12(4-6-16(18)26)20-19-21(27)15-10-13(24)5-7-17(15)31-22(19)23(28)25(20)11-14-3-2-8-30-14/h2-10,20,26H,11H2,1H3/t20-/m0/s1. The molecule has 0 spiro atoms. The molecule has 1 amide bonds. The van der Waals surface area contributed by atoms with Gasteiger partial charge in [0, 0.05) is 4.47 Å². The van der Waals surface area contributed by atoms with Crippen LogP contribution in [0.2, 0.25) is 0 Å². The smallest absolute Gasteiger partial charge is 0.291 e. The number of carbonyl (C=O) groups is 1. The second kappa shape index (κ2) is 7.31. The van der Waals surface area contributed by atoms with Gasteiger partial charge in [-0.05, 0) is 48.0 Å². The number of furan rings is 1. The zero-order valence-electron chi connectivity index (χ0n) is 16.3. The molecule has 0 unspecified atom stereocenters. The van der Waals surface area contributed by atoms with Gasteiger partial charge < -0.3 is 23.6 Å². The van der Waals surface area contributed by atoms with E-state index in [2.05, 4.69) is 15.9 Å². The van der Waals surface area contributed by atoms with Crippen LogP contribution in [-0.2, 0) is 6.54 Å². The highest BCUT2D eigenvalue weighted by Gasteiger charge is 2.43. The molecule has 1 aliphatic rings. The van der Waals surface area contributed by atoms with Crippen molar-refractivity contribution in [1.29, 1.82) is 0 Å². The minimum absolute atomic E-state index is 0.00317. The van der Waals surface area contributed by atoms with Crippen molar-refractivity contribution in [2.24, 2.45) is 0 Å². The predicted octanol–water partition coefficient (Wildman–Crippen LogP) is 4.61. The van der Waals surface area contributed by atoms with Gasteiger partial charge in [0.05, 0.1) is 36.9 Å². The number of phenolic OH excluding ortho intramolecular Hbond substituents is 1. The maximum Gasteiger partial charge on any atom is 0.291 e. The molecule has 31 heavy (non-hydrogen) atoms. The van der Waals surface area contributed by atoms with Crippen LogP contribution in [0.3, 0.4) is 0 Å². The molecule has 8 heteroatoms. The van der Waals surface area contributed by atoms with E-state index in [0.29, 0.717) is 22.3 Å². The van der Waals surface area contributed by atoms with E-state index in [4.69, 9.17) is 13.6 Å². The lowest BCUT2D eigenvalue weighted by Crippen LogP contribution is -2.29. The third-order valence-corrected chi connectivity index (χ3v) is 5.85. The van der Waals surface area contributed by atoms with Gasteiger partial charge in [0.2, 0.25) is 5.76 Å². The Balaban J connectivity index is 1.76. The van der Waals surface area contributed by atoms with Crippen LogP contribution in [0.4, 0.5) is 0 Å². The molecule has 1 N–H and O–H groups in total. The molecular weight excluding hydrogens is 466 g/mol. The van der Waals surface area contributed by atoms with E-state index >= 15 is 0 Å². The molecule has 5 rings (SSSR count). The minimum atomic E-state index is -0.735. The highest BCUT2D eigenvalue weighted by molar-refractivity contribution is 9.10. The van der Waals surface area contributed by atoms with E-state index in [1.807, 2.05) is 0 Å². The van der Waals surface area contributed by atoms with Crippen LogP contribution in [-0.4, -0.2) is 23.0 Å². The molecule has 0 saturated carbocycles. The van der Waals surface area contributed by atoms with Crippen LogP contribution in [0, 0.1) is 0 Å². The number of hydrogen-bond acceptors (Lipinski definition) is 6. The molecule has 0 fully saturated rings. The van der Waals surface area contributed by atoms with Gasteiger partial charge >= 0.3 is 0 Å². The monoisotopic (exact) mass is 481 g/mol. The molecule has 2 aromatic carbocycles. The molecule has 0 saturated heterocycles. The van der Waals surface area contributed by atoms with Crippen molar-refractivity contribution in [3.8, 4) is 11.5 Å². The molecule has 0 bridgehead atoms. The van der Waals surface area contributed by atoms with Crippen molar-refractivity contribution >= 4 is 32.8 Å². The largest absolute Gasteiger partial charge is 0.504 e. The maximum atomic E-state index is 13.5. The topological polar surface area (TPSA) is 93.1 Å². The summed E-state index contributed by atoms with van der Waals surface area (Å²) >= 11 is 3.38. The zero-order chi connectivity index (χ0) is 21.7. The first kappa shape index (κ1) is 19.4. The van der Waals surface area contributed by atoms with Crippen LogP contribution in [0.5, 0.6) is 11.5 Å². The molecule has 0 aliphatic carbocycles. The zero-order valence-corrected chi connectivity index (χ0v) is 17.9. The number of phenols is 1. The average Bonchev–Trinajstić information content (AvgIpc) is 3.37. The fourth-order valence-electron chi connectivity index (χ4n) is 3.94. The number of hydrogen-bond donors (Lipinski definition) is 1. The third-order valence-electron chi connectivity index (χ3n) is 5.35. The number of rotatable bonds is 4.